The molecule has 3 N–H and O–H groups in total. The molecule has 3 atom stereocenters. The van der Waals surface area contributed by atoms with Crippen molar-refractivity contribution < 1.29 is 14.4 Å². The Morgan fingerprint density at radius 2 is 1.91 bits per heavy atom. The van der Waals surface area contributed by atoms with E-state index in [2.05, 4.69) is 21.0 Å². The van der Waals surface area contributed by atoms with E-state index in [0.29, 0.717) is 18.8 Å². The van der Waals surface area contributed by atoms with Crippen molar-refractivity contribution in [2.24, 2.45) is 17.8 Å². The standard InChI is InChI=1S/C15H21N5O3/c1-7(2)11-4-12(18-17-11)15(23)20-5-9-10(6-20)13(9)14(22)19-16-8(3)21/h4,7,9-10,13H,5-6H2,1-3H3,(H,16,21)(H,17,18)(H,19,22)/t9-,10+,13?. The van der Waals surface area contributed by atoms with Gasteiger partial charge in [0.2, 0.25) is 11.8 Å². The predicted molar refractivity (Wildman–Crippen MR) is 81.0 cm³/mol. The Labute approximate surface area is 134 Å². The van der Waals surface area contributed by atoms with E-state index in [1.807, 2.05) is 13.8 Å². The third-order valence-electron chi connectivity index (χ3n) is 4.58. The highest BCUT2D eigenvalue weighted by Gasteiger charge is 2.60. The minimum atomic E-state index is -0.305. The highest BCUT2D eigenvalue weighted by molar-refractivity contribution is 5.93. The molecule has 3 rings (SSSR count). The summed E-state index contributed by atoms with van der Waals surface area (Å²) in [4.78, 5) is 36.9. The molecule has 1 aromatic heterocycles. The monoisotopic (exact) mass is 319 g/mol. The van der Waals surface area contributed by atoms with Crippen molar-refractivity contribution in [3.8, 4) is 0 Å². The maximum Gasteiger partial charge on any atom is 0.274 e. The van der Waals surface area contributed by atoms with Crippen LogP contribution in [0.15, 0.2) is 6.07 Å². The molecular formula is C15H21N5O3. The molecule has 1 unspecified atom stereocenters. The van der Waals surface area contributed by atoms with Crippen LogP contribution in [0.1, 0.15) is 42.9 Å². The summed E-state index contributed by atoms with van der Waals surface area (Å²) < 4.78 is 0. The zero-order chi connectivity index (χ0) is 16.7. The summed E-state index contributed by atoms with van der Waals surface area (Å²) in [6, 6.07) is 1.79. The molecule has 1 aromatic rings. The van der Waals surface area contributed by atoms with Crippen LogP contribution >= 0.6 is 0 Å². The zero-order valence-corrected chi connectivity index (χ0v) is 13.4. The lowest BCUT2D eigenvalue weighted by Gasteiger charge is -2.18. The average Bonchev–Trinajstić information content (AvgIpc) is 2.91. The first-order valence-electron chi connectivity index (χ1n) is 7.79. The number of piperidine rings is 1. The number of hydrogen-bond donors (Lipinski definition) is 3. The number of hydrogen-bond acceptors (Lipinski definition) is 4. The van der Waals surface area contributed by atoms with E-state index >= 15 is 0 Å². The highest BCUT2D eigenvalue weighted by atomic mass is 16.2. The molecule has 23 heavy (non-hydrogen) atoms. The fourth-order valence-corrected chi connectivity index (χ4v) is 3.22. The number of nitrogens with zero attached hydrogens (tertiary/aromatic N) is 2. The summed E-state index contributed by atoms with van der Waals surface area (Å²) in [5, 5.41) is 6.97. The van der Waals surface area contributed by atoms with Crippen molar-refractivity contribution in [1.29, 1.82) is 0 Å². The van der Waals surface area contributed by atoms with Gasteiger partial charge in [-0.15, -0.1) is 0 Å². The Morgan fingerprint density at radius 3 is 2.43 bits per heavy atom. The molecule has 0 spiro atoms. The molecule has 124 valence electrons. The summed E-state index contributed by atoms with van der Waals surface area (Å²) in [6.45, 7) is 6.52. The molecule has 0 bridgehead atoms. The first kappa shape index (κ1) is 15.5. The van der Waals surface area contributed by atoms with E-state index in [-0.39, 0.29) is 41.4 Å². The summed E-state index contributed by atoms with van der Waals surface area (Å²) in [5.41, 5.74) is 6.06. The molecule has 1 saturated heterocycles. The Hall–Kier alpha value is -2.38. The molecule has 1 aliphatic heterocycles. The number of aromatic amines is 1. The second kappa shape index (κ2) is 5.68. The number of aromatic nitrogens is 2. The topological polar surface area (TPSA) is 107 Å². The lowest BCUT2D eigenvalue weighted by molar-refractivity contribution is -0.129. The molecule has 2 heterocycles. The Bertz CT molecular complexity index is 641. The second-order valence-corrected chi connectivity index (χ2v) is 6.60. The second-order valence-electron chi connectivity index (χ2n) is 6.60. The van der Waals surface area contributed by atoms with Gasteiger partial charge in [-0.2, -0.15) is 5.10 Å². The summed E-state index contributed by atoms with van der Waals surface area (Å²) in [6.07, 6.45) is 0. The van der Waals surface area contributed by atoms with E-state index in [0.717, 1.165) is 5.69 Å². The van der Waals surface area contributed by atoms with Crippen LogP contribution in [0.5, 0.6) is 0 Å². The van der Waals surface area contributed by atoms with Crippen LogP contribution in [-0.2, 0) is 9.59 Å². The number of rotatable bonds is 3. The van der Waals surface area contributed by atoms with Crippen molar-refractivity contribution in [1.82, 2.24) is 25.9 Å². The molecule has 1 saturated carbocycles. The first-order valence-corrected chi connectivity index (χ1v) is 7.79. The van der Waals surface area contributed by atoms with E-state index in [1.165, 1.54) is 6.92 Å². The maximum atomic E-state index is 12.4. The Balaban J connectivity index is 1.53. The van der Waals surface area contributed by atoms with Gasteiger partial charge in [-0.25, -0.2) is 0 Å². The Morgan fingerprint density at radius 1 is 1.26 bits per heavy atom. The number of carbonyl (C=O) groups excluding carboxylic acids is 3. The van der Waals surface area contributed by atoms with Crippen molar-refractivity contribution in [2.45, 2.75) is 26.7 Å². The maximum absolute atomic E-state index is 12.4. The van der Waals surface area contributed by atoms with Gasteiger partial charge in [-0.1, -0.05) is 13.8 Å². The molecular weight excluding hydrogens is 298 g/mol. The SMILES string of the molecule is CC(=O)NNC(=O)C1[C@H]2CN(C(=O)c3cc(C(C)C)[nH]n3)C[C@@H]12. The van der Waals surface area contributed by atoms with Crippen LogP contribution < -0.4 is 10.9 Å². The average molecular weight is 319 g/mol. The number of fused-ring (bicyclic) bond motifs is 1. The molecule has 1 aliphatic carbocycles. The van der Waals surface area contributed by atoms with Crippen LogP contribution in [0.3, 0.4) is 0 Å². The summed E-state index contributed by atoms with van der Waals surface area (Å²) in [7, 11) is 0. The van der Waals surface area contributed by atoms with Crippen LogP contribution in [0.4, 0.5) is 0 Å². The van der Waals surface area contributed by atoms with Gasteiger partial charge in [0.25, 0.3) is 5.91 Å². The first-order chi connectivity index (χ1) is 10.9. The fraction of sp³-hybridized carbons (Fsp3) is 0.600. The number of H-pyrrole nitrogens is 1. The molecule has 3 amide bonds. The lowest BCUT2D eigenvalue weighted by Crippen LogP contribution is -2.43. The molecule has 2 aliphatic rings. The molecule has 0 aromatic carbocycles. The van der Waals surface area contributed by atoms with E-state index in [4.69, 9.17) is 0 Å². The predicted octanol–water partition coefficient (Wildman–Crippen LogP) is 0.0184. The van der Waals surface area contributed by atoms with Crippen molar-refractivity contribution in [3.63, 3.8) is 0 Å². The summed E-state index contributed by atoms with van der Waals surface area (Å²) in [5.74, 6) is -0.0485. The Kier molecular flexibility index (Phi) is 3.83. The van der Waals surface area contributed by atoms with Gasteiger partial charge in [0.1, 0.15) is 5.69 Å². The van der Waals surface area contributed by atoms with Crippen molar-refractivity contribution >= 4 is 17.7 Å². The van der Waals surface area contributed by atoms with Crippen molar-refractivity contribution in [2.75, 3.05) is 13.1 Å². The number of hydrazine groups is 1. The number of nitrogens with one attached hydrogen (secondary N) is 3. The minimum absolute atomic E-state index is 0.0960. The van der Waals surface area contributed by atoms with Gasteiger partial charge >= 0.3 is 0 Å². The van der Waals surface area contributed by atoms with Gasteiger partial charge in [0.05, 0.1) is 0 Å². The third-order valence-corrected chi connectivity index (χ3v) is 4.58. The van der Waals surface area contributed by atoms with E-state index in [9.17, 15) is 14.4 Å². The lowest BCUT2D eigenvalue weighted by atomic mass is 10.1. The smallest absolute Gasteiger partial charge is 0.274 e. The fourth-order valence-electron chi connectivity index (χ4n) is 3.22. The zero-order valence-electron chi connectivity index (χ0n) is 13.4. The van der Waals surface area contributed by atoms with Gasteiger partial charge in [0.15, 0.2) is 0 Å². The largest absolute Gasteiger partial charge is 0.337 e. The molecule has 8 nitrogen and oxygen atoms in total. The third kappa shape index (κ3) is 2.93. The molecule has 0 radical (unpaired) electrons. The van der Waals surface area contributed by atoms with E-state index < -0.39 is 0 Å². The molecule has 2 fully saturated rings. The van der Waals surface area contributed by atoms with Crippen LogP contribution in [-0.4, -0.2) is 45.9 Å². The normalized spacial score (nSPS) is 25.2. The number of amides is 3. The highest BCUT2D eigenvalue weighted by Crippen LogP contribution is 2.51. The van der Waals surface area contributed by atoms with Crippen LogP contribution in [0.25, 0.3) is 0 Å². The van der Waals surface area contributed by atoms with E-state index in [1.54, 1.807) is 11.0 Å². The van der Waals surface area contributed by atoms with Gasteiger partial charge in [0, 0.05) is 31.6 Å². The van der Waals surface area contributed by atoms with Crippen molar-refractivity contribution in [3.05, 3.63) is 17.5 Å². The summed E-state index contributed by atoms with van der Waals surface area (Å²) >= 11 is 0. The molecule has 8 heteroatoms. The van der Waals surface area contributed by atoms with Gasteiger partial charge < -0.3 is 4.90 Å². The minimum Gasteiger partial charge on any atom is -0.337 e. The number of likely N-dealkylation sites (tertiary alicyclic amines) is 1. The van der Waals surface area contributed by atoms with Gasteiger partial charge in [-0.3, -0.25) is 30.3 Å². The van der Waals surface area contributed by atoms with Crippen LogP contribution in [0, 0.1) is 17.8 Å². The van der Waals surface area contributed by atoms with Gasteiger partial charge in [-0.05, 0) is 23.8 Å². The van der Waals surface area contributed by atoms with Crippen LogP contribution in [0.2, 0.25) is 0 Å². The quantitative estimate of drug-likeness (QED) is 0.683. The number of carbonyl (C=O) groups is 3.